The summed E-state index contributed by atoms with van der Waals surface area (Å²) < 4.78 is 38.6. The van der Waals surface area contributed by atoms with Crippen molar-refractivity contribution in [1.82, 2.24) is 5.32 Å². The normalized spacial score (nSPS) is 36.0. The highest BCUT2D eigenvalue weighted by Gasteiger charge is 2.79. The SMILES string of the molecule is C=C[C@@H]1OC2[C@@H](C)C3=C(C)[C@@H](OC(=O)[C@H](O)[C@H](CC(C)C)NC(=O)OC(C)(C)C)C[C@@]3(C(C)(C)O)[C@@H](OC(=O)c3ccccc3)[C@@H]3[C@]4(OC(C)=O)CC[C@@H]4C[C@H](O1)[C@@]23C. The lowest BCUT2D eigenvalue weighted by Crippen LogP contribution is -2.75. The van der Waals surface area contributed by atoms with E-state index in [1.807, 2.05) is 27.7 Å². The number of carbonyl (C=O) groups excluding carboxylic acids is 4. The molecule has 3 saturated carbocycles. The smallest absolute Gasteiger partial charge is 0.407 e. The van der Waals surface area contributed by atoms with Gasteiger partial charge in [0, 0.05) is 36.5 Å². The summed E-state index contributed by atoms with van der Waals surface area (Å²) in [5.74, 6) is -3.53. The number of aliphatic hydroxyl groups excluding tert-OH is 1. The minimum atomic E-state index is -1.77. The van der Waals surface area contributed by atoms with Gasteiger partial charge in [-0.05, 0) is 102 Å². The molecule has 0 bridgehead atoms. The van der Waals surface area contributed by atoms with Crippen molar-refractivity contribution in [2.75, 3.05) is 0 Å². The van der Waals surface area contributed by atoms with Crippen molar-refractivity contribution >= 4 is 24.0 Å². The number of esters is 3. The lowest BCUT2D eigenvalue weighted by atomic mass is 9.43. The number of aliphatic hydroxyl groups is 2. The third kappa shape index (κ3) is 7.74. The van der Waals surface area contributed by atoms with Crippen LogP contribution < -0.4 is 5.32 Å². The molecule has 5 aliphatic rings. The van der Waals surface area contributed by atoms with Crippen LogP contribution in [-0.4, -0.2) is 93.9 Å². The molecule has 1 unspecified atom stereocenters. The van der Waals surface area contributed by atoms with E-state index in [4.69, 9.17) is 28.4 Å². The Balaban J connectivity index is 1.52. The van der Waals surface area contributed by atoms with E-state index in [0.717, 1.165) is 6.42 Å². The van der Waals surface area contributed by atoms with E-state index in [2.05, 4.69) is 18.8 Å². The molecule has 6 rings (SSSR count). The molecule has 3 N–H and O–H groups in total. The second-order valence-electron chi connectivity index (χ2n) is 19.7. The van der Waals surface area contributed by atoms with Crippen molar-refractivity contribution in [2.45, 2.75) is 168 Å². The zero-order chi connectivity index (χ0) is 43.6. The molecule has 1 amide bonds. The van der Waals surface area contributed by atoms with Crippen LogP contribution in [0.3, 0.4) is 0 Å². The quantitative estimate of drug-likeness (QED) is 0.124. The van der Waals surface area contributed by atoms with Crippen LogP contribution in [0.5, 0.6) is 0 Å². The Bertz CT molecular complexity index is 1830. The molecular formula is C46H65NO12. The fourth-order valence-electron chi connectivity index (χ4n) is 11.6. The molecule has 0 radical (unpaired) electrons. The number of hydrogen-bond acceptors (Lipinski definition) is 12. The fourth-order valence-corrected chi connectivity index (χ4v) is 11.6. The van der Waals surface area contributed by atoms with Gasteiger partial charge < -0.3 is 44.0 Å². The van der Waals surface area contributed by atoms with E-state index in [9.17, 15) is 29.4 Å². The van der Waals surface area contributed by atoms with Crippen LogP contribution in [0.1, 0.15) is 119 Å². The van der Waals surface area contributed by atoms with Crippen molar-refractivity contribution in [3.8, 4) is 0 Å². The summed E-state index contributed by atoms with van der Waals surface area (Å²) in [5.41, 5.74) is -4.41. The number of ether oxygens (including phenoxy) is 6. The number of nitrogens with one attached hydrogen (secondary N) is 1. The third-order valence-corrected chi connectivity index (χ3v) is 13.9. The summed E-state index contributed by atoms with van der Waals surface area (Å²) >= 11 is 0. The first kappa shape index (κ1) is 44.8. The van der Waals surface area contributed by atoms with Gasteiger partial charge in [0.05, 0.1) is 34.8 Å². The highest BCUT2D eigenvalue weighted by Crippen LogP contribution is 2.72. The van der Waals surface area contributed by atoms with E-state index in [-0.39, 0.29) is 24.7 Å². The van der Waals surface area contributed by atoms with Gasteiger partial charge in [-0.2, -0.15) is 0 Å². The lowest BCUT2D eigenvalue weighted by molar-refractivity contribution is -0.361. The first-order chi connectivity index (χ1) is 27.4. The maximum Gasteiger partial charge on any atom is 0.407 e. The van der Waals surface area contributed by atoms with Gasteiger partial charge in [0.2, 0.25) is 0 Å². The Hall–Kier alpha value is -3.78. The minimum absolute atomic E-state index is 0.0222. The van der Waals surface area contributed by atoms with Gasteiger partial charge in [-0.25, -0.2) is 14.4 Å². The lowest BCUT2D eigenvalue weighted by Gasteiger charge is -2.68. The molecule has 4 fully saturated rings. The van der Waals surface area contributed by atoms with Crippen molar-refractivity contribution in [3.05, 3.63) is 59.7 Å². The minimum Gasteiger partial charge on any atom is -0.458 e. The number of hydrogen-bond donors (Lipinski definition) is 3. The van der Waals surface area contributed by atoms with Gasteiger partial charge in [0.15, 0.2) is 12.4 Å². The van der Waals surface area contributed by atoms with Gasteiger partial charge in [-0.3, -0.25) is 4.79 Å². The van der Waals surface area contributed by atoms with Crippen molar-refractivity contribution < 1.29 is 57.8 Å². The largest absolute Gasteiger partial charge is 0.458 e. The molecule has 4 aliphatic carbocycles. The average Bonchev–Trinajstić information content (AvgIpc) is 3.39. The van der Waals surface area contributed by atoms with E-state index in [0.29, 0.717) is 29.6 Å². The Kier molecular flexibility index (Phi) is 12.1. The molecule has 13 atom stereocenters. The van der Waals surface area contributed by atoms with Crippen molar-refractivity contribution in [2.24, 2.45) is 34.5 Å². The second-order valence-corrected chi connectivity index (χ2v) is 19.7. The summed E-state index contributed by atoms with van der Waals surface area (Å²) in [7, 11) is 0. The molecule has 0 spiro atoms. The molecule has 326 valence electrons. The van der Waals surface area contributed by atoms with Crippen LogP contribution >= 0.6 is 0 Å². The van der Waals surface area contributed by atoms with Crippen LogP contribution in [0.4, 0.5) is 4.79 Å². The first-order valence-corrected chi connectivity index (χ1v) is 21.1. The number of rotatable bonds is 11. The van der Waals surface area contributed by atoms with Crippen LogP contribution in [0.2, 0.25) is 0 Å². The van der Waals surface area contributed by atoms with Crippen LogP contribution in [0.15, 0.2) is 54.1 Å². The summed E-state index contributed by atoms with van der Waals surface area (Å²) in [6.07, 6.45) is -2.98. The van der Waals surface area contributed by atoms with Gasteiger partial charge >= 0.3 is 24.0 Å². The number of fused-ring (bicyclic) bond motifs is 3. The predicted molar refractivity (Wildman–Crippen MR) is 217 cm³/mol. The Morgan fingerprint density at radius 2 is 1.73 bits per heavy atom. The molecule has 1 saturated heterocycles. The number of carbonyl (C=O) groups is 4. The molecule has 59 heavy (non-hydrogen) atoms. The fraction of sp³-hybridized carbons (Fsp3) is 0.696. The maximum atomic E-state index is 14.5. The molecular weight excluding hydrogens is 759 g/mol. The van der Waals surface area contributed by atoms with E-state index >= 15 is 0 Å². The van der Waals surface area contributed by atoms with E-state index in [1.165, 1.54) is 6.92 Å². The van der Waals surface area contributed by atoms with Crippen LogP contribution in [0, 0.1) is 34.5 Å². The van der Waals surface area contributed by atoms with Crippen molar-refractivity contribution in [3.63, 3.8) is 0 Å². The van der Waals surface area contributed by atoms with Gasteiger partial charge in [0.25, 0.3) is 0 Å². The molecule has 1 aliphatic heterocycles. The third-order valence-electron chi connectivity index (χ3n) is 13.9. The maximum absolute atomic E-state index is 14.5. The molecule has 1 heterocycles. The Morgan fingerprint density at radius 3 is 2.27 bits per heavy atom. The number of benzene rings is 1. The Morgan fingerprint density at radius 1 is 1.07 bits per heavy atom. The Labute approximate surface area is 348 Å². The number of alkyl carbamates (subject to hydrolysis) is 1. The highest BCUT2D eigenvalue weighted by atomic mass is 16.7. The molecule has 0 aromatic heterocycles. The van der Waals surface area contributed by atoms with E-state index in [1.54, 1.807) is 71.0 Å². The summed E-state index contributed by atoms with van der Waals surface area (Å²) in [5, 5.41) is 27.1. The van der Waals surface area contributed by atoms with Crippen molar-refractivity contribution in [1.29, 1.82) is 0 Å². The van der Waals surface area contributed by atoms with Crippen LogP contribution in [0.25, 0.3) is 0 Å². The highest BCUT2D eigenvalue weighted by molar-refractivity contribution is 5.89. The zero-order valence-corrected chi connectivity index (χ0v) is 36.5. The van der Waals surface area contributed by atoms with Gasteiger partial charge in [-0.1, -0.05) is 52.5 Å². The topological polar surface area (TPSA) is 176 Å². The predicted octanol–water partition coefficient (Wildman–Crippen LogP) is 6.59. The second kappa shape index (κ2) is 15.9. The van der Waals surface area contributed by atoms with Gasteiger partial charge in [0.1, 0.15) is 23.4 Å². The van der Waals surface area contributed by atoms with Gasteiger partial charge in [-0.15, -0.1) is 0 Å². The summed E-state index contributed by atoms with van der Waals surface area (Å²) in [6.45, 7) is 23.6. The number of amides is 1. The van der Waals surface area contributed by atoms with Crippen LogP contribution in [-0.2, 0) is 38.0 Å². The molecule has 13 nitrogen and oxygen atoms in total. The zero-order valence-electron chi connectivity index (χ0n) is 36.5. The average molecular weight is 824 g/mol. The summed E-state index contributed by atoms with van der Waals surface area (Å²) in [6, 6.07) is 7.55. The molecule has 1 aromatic rings. The molecule has 13 heteroatoms. The van der Waals surface area contributed by atoms with E-state index < -0.39 is 106 Å². The molecule has 1 aromatic carbocycles. The standard InChI is InChI=1S/C46H65NO12/c1-13-33-55-32-22-29-19-20-46(29,58-27(6)48)36-38(57-39(50)28-17-15-14-16-18-28)45(43(10,11)53)23-31(25(4)34(45)26(5)37(56-33)44(32,36)12)54-40(51)35(49)30(21-24(2)3)47-41(52)59-42(7,8)9/h13-18,24,26,29-33,35-38,49,53H,1,19-23H2,2-12H3,(H,47,52)/t26-,29+,30-,31-,32-,33-,35+,36-,37?,38-,44+,45-,46-/m0/s1. The monoisotopic (exact) mass is 823 g/mol. The summed E-state index contributed by atoms with van der Waals surface area (Å²) in [4.78, 5) is 54.7. The first-order valence-electron chi connectivity index (χ1n) is 21.1.